The van der Waals surface area contributed by atoms with Crippen molar-refractivity contribution in [2.24, 2.45) is 0 Å². The summed E-state index contributed by atoms with van der Waals surface area (Å²) in [6.45, 7) is 3.33. The van der Waals surface area contributed by atoms with Crippen molar-refractivity contribution in [3.63, 3.8) is 0 Å². The predicted octanol–water partition coefficient (Wildman–Crippen LogP) is 0.104. The fourth-order valence-corrected chi connectivity index (χ4v) is 2.92. The Kier molecular flexibility index (Phi) is 7.98. The zero-order valence-electron chi connectivity index (χ0n) is 15.3. The second kappa shape index (κ2) is 9.71. The molecule has 2 N–H and O–H groups in total. The summed E-state index contributed by atoms with van der Waals surface area (Å²) in [6, 6.07) is 0. The summed E-state index contributed by atoms with van der Waals surface area (Å²) in [5, 5.41) is 16.3. The van der Waals surface area contributed by atoms with E-state index in [1.165, 1.54) is 11.5 Å². The van der Waals surface area contributed by atoms with Crippen molar-refractivity contribution in [2.45, 2.75) is 32.9 Å². The summed E-state index contributed by atoms with van der Waals surface area (Å²) >= 11 is 0. The number of rotatable bonds is 5. The predicted molar refractivity (Wildman–Crippen MR) is 94.3 cm³/mol. The molecular formula is C17H25N3O6. The number of aromatic carboxylic acids is 1. The summed E-state index contributed by atoms with van der Waals surface area (Å²) in [6.07, 6.45) is 2.88. The third kappa shape index (κ3) is 5.41. The van der Waals surface area contributed by atoms with Gasteiger partial charge < -0.3 is 24.6 Å². The van der Waals surface area contributed by atoms with Gasteiger partial charge in [-0.3, -0.25) is 14.4 Å². The van der Waals surface area contributed by atoms with Crippen LogP contribution in [0.4, 0.5) is 0 Å². The molecule has 26 heavy (non-hydrogen) atoms. The van der Waals surface area contributed by atoms with Gasteiger partial charge in [0.05, 0.1) is 0 Å². The van der Waals surface area contributed by atoms with Crippen molar-refractivity contribution in [1.82, 2.24) is 14.4 Å². The van der Waals surface area contributed by atoms with E-state index in [9.17, 15) is 19.5 Å². The molecule has 1 aromatic heterocycles. The second-order valence-corrected chi connectivity index (χ2v) is 6.26. The van der Waals surface area contributed by atoms with Crippen LogP contribution in [0.5, 0.6) is 0 Å². The van der Waals surface area contributed by atoms with Crippen molar-refractivity contribution in [2.75, 3.05) is 27.2 Å². The quantitative estimate of drug-likeness (QED) is 0.708. The topological polar surface area (TPSA) is 120 Å². The lowest BCUT2D eigenvalue weighted by Gasteiger charge is -2.29. The molecule has 9 heteroatoms. The van der Waals surface area contributed by atoms with Crippen LogP contribution in [0.2, 0.25) is 0 Å². The van der Waals surface area contributed by atoms with Gasteiger partial charge in [-0.1, -0.05) is 0 Å². The molecule has 0 saturated carbocycles. The van der Waals surface area contributed by atoms with Crippen LogP contribution in [0.1, 0.15) is 34.8 Å². The lowest BCUT2D eigenvalue weighted by atomic mass is 9.96. The zero-order chi connectivity index (χ0) is 19.9. The van der Waals surface area contributed by atoms with Gasteiger partial charge >= 0.3 is 5.97 Å². The first-order valence-electron chi connectivity index (χ1n) is 8.19. The number of hydrogen-bond acceptors (Lipinski definition) is 5. The number of nitrogens with zero attached hydrogens (tertiary/aromatic N) is 3. The maximum absolute atomic E-state index is 12.5. The Labute approximate surface area is 151 Å². The molecule has 0 saturated heterocycles. The van der Waals surface area contributed by atoms with Crippen LogP contribution >= 0.6 is 0 Å². The maximum atomic E-state index is 12.5. The minimum atomic E-state index is -1.19. The van der Waals surface area contributed by atoms with E-state index in [0.29, 0.717) is 31.6 Å². The van der Waals surface area contributed by atoms with Gasteiger partial charge in [0.2, 0.25) is 5.91 Å². The average Bonchev–Trinajstić information content (AvgIpc) is 2.54. The Morgan fingerprint density at radius 1 is 1.35 bits per heavy atom. The number of carboxylic acids is 1. The Bertz CT molecular complexity index is 726. The highest BCUT2D eigenvalue weighted by Gasteiger charge is 2.26. The highest BCUT2D eigenvalue weighted by molar-refractivity contribution is 5.89. The number of carbonyl (C=O) groups excluding carboxylic acids is 1. The van der Waals surface area contributed by atoms with E-state index in [-0.39, 0.29) is 17.9 Å². The van der Waals surface area contributed by atoms with Gasteiger partial charge in [-0.05, 0) is 44.6 Å². The fourth-order valence-electron chi connectivity index (χ4n) is 2.92. The smallest absolute Gasteiger partial charge is 0.341 e. The minimum Gasteiger partial charge on any atom is -0.483 e. The molecular weight excluding hydrogens is 342 g/mol. The van der Waals surface area contributed by atoms with Crippen LogP contribution in [-0.2, 0) is 29.1 Å². The molecule has 1 aliphatic heterocycles. The first kappa shape index (κ1) is 21.4. The lowest BCUT2D eigenvalue weighted by Crippen LogP contribution is -2.38. The van der Waals surface area contributed by atoms with Gasteiger partial charge in [0.25, 0.3) is 12.0 Å². The van der Waals surface area contributed by atoms with E-state index in [4.69, 9.17) is 9.90 Å². The van der Waals surface area contributed by atoms with E-state index < -0.39 is 11.5 Å². The second-order valence-electron chi connectivity index (χ2n) is 6.26. The number of pyridine rings is 1. The molecule has 0 aliphatic carbocycles. The van der Waals surface area contributed by atoms with Crippen LogP contribution < -0.4 is 5.56 Å². The molecule has 0 spiro atoms. The Balaban J connectivity index is 0.00000105. The van der Waals surface area contributed by atoms with Gasteiger partial charge in [-0.2, -0.15) is 0 Å². The number of fused-ring (bicyclic) bond motifs is 1. The summed E-state index contributed by atoms with van der Waals surface area (Å²) in [4.78, 5) is 47.6. The summed E-state index contributed by atoms with van der Waals surface area (Å²) in [5.74, 6) is -1.23. The van der Waals surface area contributed by atoms with E-state index in [1.807, 2.05) is 19.0 Å². The highest BCUT2D eigenvalue weighted by Crippen LogP contribution is 2.21. The number of carboxylic acid groups (broad SMARTS) is 2. The third-order valence-corrected chi connectivity index (χ3v) is 4.13. The van der Waals surface area contributed by atoms with Gasteiger partial charge in [0, 0.05) is 32.8 Å². The van der Waals surface area contributed by atoms with Crippen molar-refractivity contribution < 1.29 is 24.6 Å². The number of hydrogen-bond donors (Lipinski definition) is 2. The zero-order valence-corrected chi connectivity index (χ0v) is 15.3. The molecule has 1 aliphatic rings. The summed E-state index contributed by atoms with van der Waals surface area (Å²) < 4.78 is 1.47. The molecule has 9 nitrogen and oxygen atoms in total. The monoisotopic (exact) mass is 367 g/mol. The third-order valence-electron chi connectivity index (χ3n) is 4.13. The highest BCUT2D eigenvalue weighted by atomic mass is 16.4. The van der Waals surface area contributed by atoms with Crippen molar-refractivity contribution in [3.8, 4) is 0 Å². The van der Waals surface area contributed by atoms with Gasteiger partial charge in [-0.25, -0.2) is 4.79 Å². The standard InChI is InChI=1S/C16H23N3O4.CH2O2/c1-11(20)18-8-5-13-12(9-18)10-19(7-4-6-17(2)3)15(21)14(13)16(22)23;2-1-3/h10H,4-9H2,1-3H3,(H,22,23);1H,(H,2,3). The van der Waals surface area contributed by atoms with Crippen molar-refractivity contribution >= 4 is 18.3 Å². The molecule has 1 aromatic rings. The maximum Gasteiger partial charge on any atom is 0.341 e. The van der Waals surface area contributed by atoms with E-state index in [1.54, 1.807) is 11.1 Å². The molecule has 0 bridgehead atoms. The summed E-state index contributed by atoms with van der Waals surface area (Å²) in [5.41, 5.74) is 0.735. The Morgan fingerprint density at radius 2 is 1.96 bits per heavy atom. The number of aryl methyl sites for hydroxylation is 1. The largest absolute Gasteiger partial charge is 0.483 e. The van der Waals surface area contributed by atoms with E-state index in [0.717, 1.165) is 18.5 Å². The van der Waals surface area contributed by atoms with Gasteiger partial charge in [0.1, 0.15) is 5.56 Å². The average molecular weight is 367 g/mol. The van der Waals surface area contributed by atoms with Crippen molar-refractivity contribution in [1.29, 1.82) is 0 Å². The number of amides is 1. The number of carbonyl (C=O) groups is 3. The van der Waals surface area contributed by atoms with Crippen LogP contribution in [0, 0.1) is 0 Å². The number of aromatic nitrogens is 1. The van der Waals surface area contributed by atoms with Crippen LogP contribution in [0.25, 0.3) is 0 Å². The molecule has 2 heterocycles. The molecule has 144 valence electrons. The molecule has 0 aromatic carbocycles. The summed E-state index contributed by atoms with van der Waals surface area (Å²) in [7, 11) is 3.89. The molecule has 0 unspecified atom stereocenters. The first-order chi connectivity index (χ1) is 12.2. The minimum absolute atomic E-state index is 0.0436. The fraction of sp³-hybridized carbons (Fsp3) is 0.529. The van der Waals surface area contributed by atoms with Gasteiger partial charge in [0.15, 0.2) is 0 Å². The first-order valence-corrected chi connectivity index (χ1v) is 8.19. The Hall–Kier alpha value is -2.68. The van der Waals surface area contributed by atoms with E-state index in [2.05, 4.69) is 0 Å². The van der Waals surface area contributed by atoms with Crippen LogP contribution in [0.15, 0.2) is 11.0 Å². The van der Waals surface area contributed by atoms with Gasteiger partial charge in [-0.15, -0.1) is 0 Å². The SMILES string of the molecule is CC(=O)N1CCc2c(cn(CCCN(C)C)c(=O)c2C(=O)O)C1.O=CO. The van der Waals surface area contributed by atoms with Crippen LogP contribution in [0.3, 0.4) is 0 Å². The molecule has 1 amide bonds. The molecule has 2 rings (SSSR count). The Morgan fingerprint density at radius 3 is 2.46 bits per heavy atom. The molecule has 0 fully saturated rings. The molecule has 0 atom stereocenters. The van der Waals surface area contributed by atoms with Crippen LogP contribution in [-0.4, -0.2) is 70.1 Å². The van der Waals surface area contributed by atoms with E-state index >= 15 is 0 Å². The van der Waals surface area contributed by atoms with Crippen molar-refractivity contribution in [3.05, 3.63) is 33.2 Å². The molecule has 0 radical (unpaired) electrons. The lowest BCUT2D eigenvalue weighted by molar-refractivity contribution is -0.129. The normalized spacial score (nSPS) is 12.8.